The van der Waals surface area contributed by atoms with Crippen LogP contribution in [-0.2, 0) is 12.3 Å². The summed E-state index contributed by atoms with van der Waals surface area (Å²) < 4.78 is 2.15. The first-order valence-electron chi connectivity index (χ1n) is 7.28. The summed E-state index contributed by atoms with van der Waals surface area (Å²) in [4.78, 5) is 4.12. The van der Waals surface area contributed by atoms with Crippen LogP contribution in [0.4, 0.5) is 0 Å². The highest BCUT2D eigenvalue weighted by Crippen LogP contribution is 2.28. The summed E-state index contributed by atoms with van der Waals surface area (Å²) in [5.41, 5.74) is 1.15. The van der Waals surface area contributed by atoms with Gasteiger partial charge in [-0.25, -0.2) is 4.98 Å². The minimum atomic E-state index is 0.539. The monoisotopic (exact) mass is 374 g/mol. The number of hydrogen-bond acceptors (Lipinski definition) is 3. The van der Waals surface area contributed by atoms with Gasteiger partial charge in [0.2, 0.25) is 0 Å². The van der Waals surface area contributed by atoms with Crippen LogP contribution >= 0.6 is 46.7 Å². The summed E-state index contributed by atoms with van der Waals surface area (Å²) >= 11 is 16.2. The molecule has 0 saturated heterocycles. The molecule has 2 rings (SSSR count). The zero-order chi connectivity index (χ0) is 15.8. The third-order valence-corrected chi connectivity index (χ3v) is 6.51. The summed E-state index contributed by atoms with van der Waals surface area (Å²) in [7, 11) is 0. The van der Waals surface area contributed by atoms with Gasteiger partial charge in [0.05, 0.1) is 6.33 Å². The van der Waals surface area contributed by atoms with Crippen molar-refractivity contribution in [2.45, 2.75) is 30.9 Å². The molecule has 1 unspecified atom stereocenters. The summed E-state index contributed by atoms with van der Waals surface area (Å²) in [6.45, 7) is 3.20. The van der Waals surface area contributed by atoms with E-state index >= 15 is 0 Å². The Kier molecular flexibility index (Phi) is 8.01. The first kappa shape index (κ1) is 18.1. The number of aromatic nitrogens is 2. The molecule has 22 heavy (non-hydrogen) atoms. The van der Waals surface area contributed by atoms with Crippen molar-refractivity contribution in [1.29, 1.82) is 0 Å². The molecule has 0 aliphatic carbocycles. The maximum atomic E-state index is 6.26. The van der Waals surface area contributed by atoms with Crippen LogP contribution in [0.15, 0.2) is 36.9 Å². The van der Waals surface area contributed by atoms with E-state index < -0.39 is 0 Å². The Morgan fingerprint density at radius 2 is 2.18 bits per heavy atom. The Hall–Kier alpha value is -0.290. The molecule has 0 amide bonds. The molecule has 120 valence electrons. The Bertz CT molecular complexity index is 561. The SMILES string of the molecule is CCCSCC(Cn1ccnc1)SCc1ccc(Cl)cc1Cl. The number of imidazole rings is 1. The molecule has 0 aliphatic rings. The number of nitrogens with zero attached hydrogens (tertiary/aromatic N) is 2. The number of benzene rings is 1. The molecule has 2 nitrogen and oxygen atoms in total. The highest BCUT2D eigenvalue weighted by molar-refractivity contribution is 8.03. The lowest BCUT2D eigenvalue weighted by Crippen LogP contribution is -2.15. The maximum Gasteiger partial charge on any atom is 0.0946 e. The molecular formula is C16H20Cl2N2S2. The highest BCUT2D eigenvalue weighted by Gasteiger charge is 2.12. The average molecular weight is 375 g/mol. The lowest BCUT2D eigenvalue weighted by molar-refractivity contribution is 0.695. The van der Waals surface area contributed by atoms with Gasteiger partial charge in [0.25, 0.3) is 0 Å². The Morgan fingerprint density at radius 3 is 2.86 bits per heavy atom. The van der Waals surface area contributed by atoms with E-state index in [0.717, 1.165) is 28.6 Å². The normalized spacial score (nSPS) is 12.5. The third kappa shape index (κ3) is 6.07. The fourth-order valence-corrected chi connectivity index (χ4v) is 4.99. The van der Waals surface area contributed by atoms with Crippen molar-refractivity contribution in [2.75, 3.05) is 11.5 Å². The molecule has 0 spiro atoms. The molecule has 1 aromatic heterocycles. The van der Waals surface area contributed by atoms with E-state index in [0.29, 0.717) is 10.3 Å². The number of thioether (sulfide) groups is 2. The molecule has 6 heteroatoms. The third-order valence-electron chi connectivity index (χ3n) is 3.12. The average Bonchev–Trinajstić information content (AvgIpc) is 2.99. The maximum absolute atomic E-state index is 6.26. The van der Waals surface area contributed by atoms with Crippen LogP contribution in [0.2, 0.25) is 10.0 Å². The van der Waals surface area contributed by atoms with E-state index in [9.17, 15) is 0 Å². The quantitative estimate of drug-likeness (QED) is 0.529. The van der Waals surface area contributed by atoms with Gasteiger partial charge in [-0.15, -0.1) is 0 Å². The predicted octanol–water partition coefficient (Wildman–Crippen LogP) is 5.64. The highest BCUT2D eigenvalue weighted by atomic mass is 35.5. The van der Waals surface area contributed by atoms with Crippen molar-refractivity contribution in [1.82, 2.24) is 9.55 Å². The molecule has 0 bridgehead atoms. The van der Waals surface area contributed by atoms with Crippen LogP contribution in [0.1, 0.15) is 18.9 Å². The molecular weight excluding hydrogens is 355 g/mol. The van der Waals surface area contributed by atoms with Gasteiger partial charge < -0.3 is 4.57 Å². The number of halogens is 2. The van der Waals surface area contributed by atoms with Crippen LogP contribution in [0.3, 0.4) is 0 Å². The number of rotatable bonds is 9. The van der Waals surface area contributed by atoms with Crippen LogP contribution in [0.25, 0.3) is 0 Å². The first-order valence-corrected chi connectivity index (χ1v) is 10.2. The van der Waals surface area contributed by atoms with Crippen molar-refractivity contribution in [2.24, 2.45) is 0 Å². The minimum absolute atomic E-state index is 0.539. The molecule has 1 aromatic carbocycles. The van der Waals surface area contributed by atoms with Crippen LogP contribution in [-0.4, -0.2) is 26.3 Å². The fraction of sp³-hybridized carbons (Fsp3) is 0.438. The molecule has 0 N–H and O–H groups in total. The van der Waals surface area contributed by atoms with Gasteiger partial charge >= 0.3 is 0 Å². The molecule has 0 radical (unpaired) electrons. The molecule has 2 aromatic rings. The van der Waals surface area contributed by atoms with Crippen LogP contribution < -0.4 is 0 Å². The van der Waals surface area contributed by atoms with Gasteiger partial charge in [0, 0.05) is 45.7 Å². The van der Waals surface area contributed by atoms with E-state index in [1.54, 1.807) is 0 Å². The molecule has 1 atom stereocenters. The van der Waals surface area contributed by atoms with Gasteiger partial charge in [-0.1, -0.05) is 36.2 Å². The van der Waals surface area contributed by atoms with Gasteiger partial charge in [-0.05, 0) is 29.9 Å². The smallest absolute Gasteiger partial charge is 0.0946 e. The molecule has 0 saturated carbocycles. The van der Waals surface area contributed by atoms with Gasteiger partial charge in [-0.3, -0.25) is 0 Å². The molecule has 0 fully saturated rings. The van der Waals surface area contributed by atoms with Gasteiger partial charge in [-0.2, -0.15) is 23.5 Å². The lowest BCUT2D eigenvalue weighted by Gasteiger charge is -2.17. The van der Waals surface area contributed by atoms with Crippen molar-refractivity contribution >= 4 is 46.7 Å². The Balaban J connectivity index is 1.92. The second-order valence-corrected chi connectivity index (χ2v) is 8.29. The van der Waals surface area contributed by atoms with Crippen molar-refractivity contribution in [3.8, 4) is 0 Å². The zero-order valence-electron chi connectivity index (χ0n) is 12.5. The molecule has 1 heterocycles. The first-order chi connectivity index (χ1) is 10.7. The van der Waals surface area contributed by atoms with Gasteiger partial charge in [0.1, 0.15) is 0 Å². The number of hydrogen-bond donors (Lipinski definition) is 0. The predicted molar refractivity (Wildman–Crippen MR) is 101 cm³/mol. The second kappa shape index (κ2) is 9.76. The largest absolute Gasteiger partial charge is 0.336 e. The van der Waals surface area contributed by atoms with Crippen LogP contribution in [0.5, 0.6) is 0 Å². The van der Waals surface area contributed by atoms with Crippen molar-refractivity contribution in [3.63, 3.8) is 0 Å². The fourth-order valence-electron chi connectivity index (χ4n) is 1.99. The standard InChI is InChI=1S/C16H20Cl2N2S2/c1-2-7-21-11-15(9-20-6-5-19-12-20)22-10-13-3-4-14(17)8-16(13)18/h3-6,8,12,15H,2,7,9-11H2,1H3. The van der Waals surface area contributed by atoms with E-state index in [1.165, 1.54) is 12.2 Å². The molecule has 0 aliphatic heterocycles. The Morgan fingerprint density at radius 1 is 1.32 bits per heavy atom. The second-order valence-electron chi connectivity index (χ2n) is 5.00. The Labute approximate surface area is 151 Å². The van der Waals surface area contributed by atoms with Crippen molar-refractivity contribution < 1.29 is 0 Å². The zero-order valence-corrected chi connectivity index (χ0v) is 15.7. The summed E-state index contributed by atoms with van der Waals surface area (Å²) in [6.07, 6.45) is 6.95. The van der Waals surface area contributed by atoms with E-state index in [-0.39, 0.29) is 0 Å². The lowest BCUT2D eigenvalue weighted by atomic mass is 10.2. The van der Waals surface area contributed by atoms with Gasteiger partial charge in [0.15, 0.2) is 0 Å². The summed E-state index contributed by atoms with van der Waals surface area (Å²) in [5, 5.41) is 1.98. The topological polar surface area (TPSA) is 17.8 Å². The summed E-state index contributed by atoms with van der Waals surface area (Å²) in [5.74, 6) is 3.26. The van der Waals surface area contributed by atoms with E-state index in [1.807, 2.05) is 60.4 Å². The summed E-state index contributed by atoms with van der Waals surface area (Å²) in [6, 6.07) is 5.74. The van der Waals surface area contributed by atoms with E-state index in [4.69, 9.17) is 23.2 Å². The van der Waals surface area contributed by atoms with E-state index in [2.05, 4.69) is 16.5 Å². The minimum Gasteiger partial charge on any atom is -0.336 e. The van der Waals surface area contributed by atoms with Crippen molar-refractivity contribution in [3.05, 3.63) is 52.5 Å². The van der Waals surface area contributed by atoms with Crippen LogP contribution in [0, 0.1) is 0 Å².